The van der Waals surface area contributed by atoms with Gasteiger partial charge in [-0.25, -0.2) is 4.98 Å². The molecular weight excluding hydrogens is 267 g/mol. The van der Waals surface area contributed by atoms with E-state index in [9.17, 15) is 13.2 Å². The van der Waals surface area contributed by atoms with Gasteiger partial charge in [0.15, 0.2) is 0 Å². The summed E-state index contributed by atoms with van der Waals surface area (Å²) in [4.78, 5) is 4.03. The van der Waals surface area contributed by atoms with Crippen LogP contribution in [0.1, 0.15) is 16.7 Å². The summed E-state index contributed by atoms with van der Waals surface area (Å²) >= 11 is 0. The second-order valence-corrected chi connectivity index (χ2v) is 4.58. The van der Waals surface area contributed by atoms with Crippen molar-refractivity contribution in [2.45, 2.75) is 20.0 Å². The van der Waals surface area contributed by atoms with Gasteiger partial charge < -0.3 is 11.1 Å². The van der Waals surface area contributed by atoms with Crippen LogP contribution in [-0.2, 0) is 6.18 Å². The van der Waals surface area contributed by atoms with E-state index in [0.29, 0.717) is 17.2 Å². The van der Waals surface area contributed by atoms with E-state index in [4.69, 9.17) is 5.73 Å². The molecule has 2 rings (SSSR count). The Labute approximate surface area is 114 Å². The van der Waals surface area contributed by atoms with Crippen molar-refractivity contribution in [2.24, 2.45) is 0 Å². The van der Waals surface area contributed by atoms with Gasteiger partial charge in [0, 0.05) is 5.69 Å². The van der Waals surface area contributed by atoms with Crippen LogP contribution in [0.5, 0.6) is 0 Å². The van der Waals surface area contributed by atoms with Crippen LogP contribution in [0.2, 0.25) is 0 Å². The molecule has 0 saturated carbocycles. The zero-order valence-electron chi connectivity index (χ0n) is 11.0. The number of pyridine rings is 1. The van der Waals surface area contributed by atoms with Gasteiger partial charge in [-0.2, -0.15) is 13.2 Å². The molecule has 0 bridgehead atoms. The summed E-state index contributed by atoms with van der Waals surface area (Å²) < 4.78 is 38.5. The lowest BCUT2D eigenvalue weighted by Gasteiger charge is -2.13. The van der Waals surface area contributed by atoms with Crippen LogP contribution in [0.15, 0.2) is 30.5 Å². The number of nitrogen functional groups attached to an aromatic ring is 1. The highest BCUT2D eigenvalue weighted by Crippen LogP contribution is 2.34. The van der Waals surface area contributed by atoms with Crippen LogP contribution in [0.25, 0.3) is 0 Å². The highest BCUT2D eigenvalue weighted by Gasteiger charge is 2.32. The van der Waals surface area contributed by atoms with Crippen molar-refractivity contribution in [2.75, 3.05) is 11.1 Å². The molecule has 1 heterocycles. The largest absolute Gasteiger partial charge is 0.416 e. The Morgan fingerprint density at radius 2 is 1.80 bits per heavy atom. The average Bonchev–Trinajstić information content (AvgIpc) is 2.35. The van der Waals surface area contributed by atoms with E-state index in [1.54, 1.807) is 19.1 Å². The van der Waals surface area contributed by atoms with Gasteiger partial charge in [0.1, 0.15) is 5.82 Å². The van der Waals surface area contributed by atoms with E-state index in [0.717, 1.165) is 11.6 Å². The first-order valence-corrected chi connectivity index (χ1v) is 5.94. The lowest BCUT2D eigenvalue weighted by atomic mass is 10.1. The first-order valence-electron chi connectivity index (χ1n) is 5.94. The molecule has 3 nitrogen and oxygen atoms in total. The lowest BCUT2D eigenvalue weighted by Crippen LogP contribution is -2.08. The van der Waals surface area contributed by atoms with Crippen LogP contribution >= 0.6 is 0 Å². The third kappa shape index (κ3) is 3.01. The van der Waals surface area contributed by atoms with Crippen molar-refractivity contribution in [1.29, 1.82) is 0 Å². The molecule has 6 heteroatoms. The standard InChI is InChI=1S/C14H14F3N3/c1-8-3-4-10(6-11(8)14(15,16)17)20-13-5-9(2)12(18)7-19-13/h3-7H,18H2,1-2H3,(H,19,20). The Balaban J connectivity index is 2.32. The maximum atomic E-state index is 12.8. The lowest BCUT2D eigenvalue weighted by molar-refractivity contribution is -0.138. The predicted molar refractivity (Wildman–Crippen MR) is 72.9 cm³/mol. The molecule has 0 spiro atoms. The second kappa shape index (κ2) is 5.03. The molecule has 0 unspecified atom stereocenters. The molecule has 20 heavy (non-hydrogen) atoms. The van der Waals surface area contributed by atoms with Gasteiger partial charge in [-0.15, -0.1) is 0 Å². The highest BCUT2D eigenvalue weighted by molar-refractivity contribution is 5.61. The minimum Gasteiger partial charge on any atom is -0.397 e. The Morgan fingerprint density at radius 1 is 1.10 bits per heavy atom. The van der Waals surface area contributed by atoms with Gasteiger partial charge in [0.25, 0.3) is 0 Å². The highest BCUT2D eigenvalue weighted by atomic mass is 19.4. The summed E-state index contributed by atoms with van der Waals surface area (Å²) in [6.45, 7) is 3.23. The Morgan fingerprint density at radius 3 is 2.40 bits per heavy atom. The monoisotopic (exact) mass is 281 g/mol. The quantitative estimate of drug-likeness (QED) is 0.873. The third-order valence-corrected chi connectivity index (χ3v) is 2.97. The Hall–Kier alpha value is -2.24. The molecule has 0 aliphatic carbocycles. The number of benzene rings is 1. The number of nitrogens with one attached hydrogen (secondary N) is 1. The Kier molecular flexibility index (Phi) is 3.57. The van der Waals surface area contributed by atoms with E-state index in [2.05, 4.69) is 10.3 Å². The number of aromatic nitrogens is 1. The summed E-state index contributed by atoms with van der Waals surface area (Å²) in [5.41, 5.74) is 6.85. The molecular formula is C14H14F3N3. The SMILES string of the molecule is Cc1cc(Nc2ccc(C)c(C(F)(F)F)c2)ncc1N. The predicted octanol–water partition coefficient (Wildman–Crippen LogP) is 4.04. The molecule has 0 aliphatic heterocycles. The maximum Gasteiger partial charge on any atom is 0.416 e. The fourth-order valence-electron chi connectivity index (χ4n) is 1.79. The van der Waals surface area contributed by atoms with Gasteiger partial charge >= 0.3 is 6.18 Å². The molecule has 0 atom stereocenters. The third-order valence-electron chi connectivity index (χ3n) is 2.97. The number of aryl methyl sites for hydroxylation is 2. The second-order valence-electron chi connectivity index (χ2n) is 4.58. The number of alkyl halides is 3. The van der Waals surface area contributed by atoms with Gasteiger partial charge in [-0.1, -0.05) is 6.07 Å². The van der Waals surface area contributed by atoms with Crippen molar-refractivity contribution < 1.29 is 13.2 Å². The van der Waals surface area contributed by atoms with Crippen LogP contribution in [0, 0.1) is 13.8 Å². The topological polar surface area (TPSA) is 50.9 Å². The normalized spacial score (nSPS) is 11.4. The van der Waals surface area contributed by atoms with Crippen molar-refractivity contribution in [3.63, 3.8) is 0 Å². The maximum absolute atomic E-state index is 12.8. The summed E-state index contributed by atoms with van der Waals surface area (Å²) in [5, 5.41) is 2.84. The van der Waals surface area contributed by atoms with E-state index < -0.39 is 11.7 Å². The fraction of sp³-hybridized carbons (Fsp3) is 0.214. The molecule has 0 amide bonds. The molecule has 0 aliphatic rings. The average molecular weight is 281 g/mol. The van der Waals surface area contributed by atoms with Gasteiger partial charge in [-0.3, -0.25) is 0 Å². The van der Waals surface area contributed by atoms with E-state index >= 15 is 0 Å². The van der Waals surface area contributed by atoms with E-state index in [-0.39, 0.29) is 5.56 Å². The number of halogens is 3. The Bertz CT molecular complexity index is 636. The van der Waals surface area contributed by atoms with Crippen LogP contribution in [0.3, 0.4) is 0 Å². The smallest absolute Gasteiger partial charge is 0.397 e. The van der Waals surface area contributed by atoms with Crippen molar-refractivity contribution >= 4 is 17.2 Å². The zero-order chi connectivity index (χ0) is 14.9. The fourth-order valence-corrected chi connectivity index (χ4v) is 1.79. The molecule has 0 saturated heterocycles. The molecule has 3 N–H and O–H groups in total. The van der Waals surface area contributed by atoms with E-state index in [1.165, 1.54) is 19.2 Å². The van der Waals surface area contributed by atoms with Gasteiger partial charge in [-0.05, 0) is 43.2 Å². The first kappa shape index (κ1) is 14.2. The minimum atomic E-state index is -4.37. The number of anilines is 3. The first-order chi connectivity index (χ1) is 9.27. The molecule has 1 aromatic heterocycles. The molecule has 0 radical (unpaired) electrons. The molecule has 1 aromatic carbocycles. The summed E-state index contributed by atoms with van der Waals surface area (Å²) in [7, 11) is 0. The van der Waals surface area contributed by atoms with Crippen molar-refractivity contribution in [1.82, 2.24) is 4.98 Å². The van der Waals surface area contributed by atoms with Crippen molar-refractivity contribution in [3.8, 4) is 0 Å². The number of nitrogens with zero attached hydrogens (tertiary/aromatic N) is 1. The number of nitrogens with two attached hydrogens (primary N) is 1. The van der Waals surface area contributed by atoms with Crippen LogP contribution in [0.4, 0.5) is 30.4 Å². The van der Waals surface area contributed by atoms with Gasteiger partial charge in [0.05, 0.1) is 17.4 Å². The summed E-state index contributed by atoms with van der Waals surface area (Å²) in [6, 6.07) is 5.76. The van der Waals surface area contributed by atoms with E-state index in [1.807, 2.05) is 0 Å². The zero-order valence-corrected chi connectivity index (χ0v) is 11.0. The number of rotatable bonds is 2. The molecule has 2 aromatic rings. The van der Waals surface area contributed by atoms with Crippen molar-refractivity contribution in [3.05, 3.63) is 47.2 Å². The minimum absolute atomic E-state index is 0.185. The van der Waals surface area contributed by atoms with Gasteiger partial charge in [0.2, 0.25) is 0 Å². The summed E-state index contributed by atoms with van der Waals surface area (Å²) in [5.74, 6) is 0.452. The molecule has 0 fully saturated rings. The van der Waals surface area contributed by atoms with Crippen LogP contribution < -0.4 is 11.1 Å². The summed E-state index contributed by atoms with van der Waals surface area (Å²) in [6.07, 6.45) is -2.90. The molecule has 106 valence electrons. The number of hydrogen-bond donors (Lipinski definition) is 2. The number of hydrogen-bond acceptors (Lipinski definition) is 3. The van der Waals surface area contributed by atoms with Crippen LogP contribution in [-0.4, -0.2) is 4.98 Å².